The van der Waals surface area contributed by atoms with E-state index in [0.29, 0.717) is 12.0 Å². The molecule has 0 bridgehead atoms. The molecule has 0 radical (unpaired) electrons. The summed E-state index contributed by atoms with van der Waals surface area (Å²) in [6, 6.07) is 4.81. The third-order valence-corrected chi connectivity index (χ3v) is 4.52. The molecule has 0 aliphatic heterocycles. The Morgan fingerprint density at radius 3 is 2.78 bits per heavy atom. The van der Waals surface area contributed by atoms with Crippen LogP contribution in [0.25, 0.3) is 6.08 Å². The first-order valence-electron chi connectivity index (χ1n) is 6.02. The van der Waals surface area contributed by atoms with Crippen molar-refractivity contribution in [2.75, 3.05) is 0 Å². The second-order valence-electron chi connectivity index (χ2n) is 5.43. The molecule has 2 atom stereocenters. The zero-order valence-corrected chi connectivity index (χ0v) is 11.7. The molecular weight excluding hydrogens is 249 g/mol. The first-order chi connectivity index (χ1) is 8.39. The Bertz CT molecular complexity index is 505. The molecule has 0 amide bonds. The molecule has 2 nitrogen and oxygen atoms in total. The minimum atomic E-state index is -1.20. The van der Waals surface area contributed by atoms with Crippen molar-refractivity contribution in [2.45, 2.75) is 38.0 Å². The predicted octanol–water partition coefficient (Wildman–Crippen LogP) is 3.34. The van der Waals surface area contributed by atoms with E-state index in [2.05, 4.69) is 4.72 Å². The van der Waals surface area contributed by atoms with E-state index in [4.69, 9.17) is 0 Å². The fourth-order valence-electron chi connectivity index (χ4n) is 1.93. The smallest absolute Gasteiger partial charge is 0.128 e. The number of nitrogens with one attached hydrogen (secondary N) is 1. The van der Waals surface area contributed by atoms with Gasteiger partial charge in [-0.1, -0.05) is 24.3 Å². The normalized spacial score (nSPS) is 20.6. The van der Waals surface area contributed by atoms with Crippen LogP contribution in [0.4, 0.5) is 4.39 Å². The molecule has 0 heterocycles. The van der Waals surface area contributed by atoms with E-state index < -0.39 is 11.0 Å². The number of hydrogen-bond donors (Lipinski definition) is 1. The van der Waals surface area contributed by atoms with Gasteiger partial charge in [0.05, 0.1) is 21.8 Å². The van der Waals surface area contributed by atoms with Gasteiger partial charge in [-0.25, -0.2) is 13.3 Å². The topological polar surface area (TPSA) is 29.1 Å². The van der Waals surface area contributed by atoms with Gasteiger partial charge in [0.15, 0.2) is 0 Å². The van der Waals surface area contributed by atoms with E-state index in [0.717, 1.165) is 5.56 Å². The standard InChI is InChI=1S/C14H18FNOS/c1-14(2,3)18(17)16-12-9-5-7-10-6-4-8-11(15)13(10)12/h4-8,12,16H,9H2,1-3H3/t12-,18-/m0/s1. The van der Waals surface area contributed by atoms with Crippen molar-refractivity contribution < 1.29 is 8.60 Å². The zero-order chi connectivity index (χ0) is 13.3. The fraction of sp³-hybridized carbons (Fsp3) is 0.429. The number of halogens is 1. The average Bonchev–Trinajstić information content (AvgIpc) is 2.28. The number of rotatable bonds is 2. The number of fused-ring (bicyclic) bond motifs is 1. The molecule has 1 aliphatic carbocycles. The van der Waals surface area contributed by atoms with E-state index in [1.165, 1.54) is 6.07 Å². The van der Waals surface area contributed by atoms with Gasteiger partial charge in [-0.05, 0) is 38.8 Å². The molecule has 0 saturated heterocycles. The summed E-state index contributed by atoms with van der Waals surface area (Å²) in [5.74, 6) is -0.236. The van der Waals surface area contributed by atoms with Gasteiger partial charge in [0.25, 0.3) is 0 Å². The van der Waals surface area contributed by atoms with E-state index in [1.807, 2.05) is 39.0 Å². The fourth-order valence-corrected chi connectivity index (χ4v) is 2.75. The SMILES string of the molecule is CC(C)(C)[S@](=O)N[C@H]1CC=Cc2cccc(F)c21. The lowest BCUT2D eigenvalue weighted by Gasteiger charge is -2.27. The molecule has 0 unspecified atom stereocenters. The van der Waals surface area contributed by atoms with Crippen LogP contribution in [0.5, 0.6) is 0 Å². The van der Waals surface area contributed by atoms with E-state index in [-0.39, 0.29) is 16.6 Å². The van der Waals surface area contributed by atoms with Gasteiger partial charge < -0.3 is 0 Å². The van der Waals surface area contributed by atoms with E-state index in [9.17, 15) is 8.60 Å². The molecule has 1 aliphatic rings. The molecule has 1 aromatic rings. The summed E-state index contributed by atoms with van der Waals surface area (Å²) in [6.07, 6.45) is 4.56. The van der Waals surface area contributed by atoms with Gasteiger partial charge in [0, 0.05) is 5.56 Å². The molecule has 98 valence electrons. The van der Waals surface area contributed by atoms with Crippen molar-refractivity contribution in [3.05, 3.63) is 41.2 Å². The first-order valence-corrected chi connectivity index (χ1v) is 7.17. The lowest BCUT2D eigenvalue weighted by Crippen LogP contribution is -2.36. The van der Waals surface area contributed by atoms with Gasteiger partial charge in [0.2, 0.25) is 0 Å². The second kappa shape index (κ2) is 4.94. The lowest BCUT2D eigenvalue weighted by atomic mass is 9.93. The Kier molecular flexibility index (Phi) is 3.69. The van der Waals surface area contributed by atoms with Crippen molar-refractivity contribution >= 4 is 17.1 Å². The third kappa shape index (κ3) is 2.70. The molecular formula is C14H18FNOS. The molecule has 4 heteroatoms. The Labute approximate surface area is 110 Å². The van der Waals surface area contributed by atoms with Crippen LogP contribution in [-0.2, 0) is 11.0 Å². The molecule has 0 saturated carbocycles. The van der Waals surface area contributed by atoms with Crippen molar-refractivity contribution in [1.29, 1.82) is 0 Å². The Morgan fingerprint density at radius 1 is 1.39 bits per heavy atom. The van der Waals surface area contributed by atoms with Crippen molar-refractivity contribution in [3.8, 4) is 0 Å². The Morgan fingerprint density at radius 2 is 2.11 bits per heavy atom. The molecule has 0 spiro atoms. The van der Waals surface area contributed by atoms with Gasteiger partial charge in [0.1, 0.15) is 5.82 Å². The van der Waals surface area contributed by atoms with E-state index in [1.54, 1.807) is 6.07 Å². The predicted molar refractivity (Wildman–Crippen MR) is 73.8 cm³/mol. The highest BCUT2D eigenvalue weighted by molar-refractivity contribution is 7.84. The number of hydrogen-bond acceptors (Lipinski definition) is 1. The summed E-state index contributed by atoms with van der Waals surface area (Å²) in [7, 11) is -1.20. The first kappa shape index (κ1) is 13.4. The molecule has 0 fully saturated rings. The maximum Gasteiger partial charge on any atom is 0.128 e. The van der Waals surface area contributed by atoms with Crippen LogP contribution >= 0.6 is 0 Å². The summed E-state index contributed by atoms with van der Waals surface area (Å²) < 4.78 is 28.7. The van der Waals surface area contributed by atoms with Gasteiger partial charge in [-0.15, -0.1) is 0 Å². The number of benzene rings is 1. The minimum Gasteiger partial charge on any atom is -0.242 e. The summed E-state index contributed by atoms with van der Waals surface area (Å²) >= 11 is 0. The largest absolute Gasteiger partial charge is 0.242 e. The summed E-state index contributed by atoms with van der Waals surface area (Å²) in [5, 5.41) is 0. The molecule has 1 aromatic carbocycles. The monoisotopic (exact) mass is 267 g/mol. The lowest BCUT2D eigenvalue weighted by molar-refractivity contribution is 0.552. The van der Waals surface area contributed by atoms with Gasteiger partial charge >= 0.3 is 0 Å². The van der Waals surface area contributed by atoms with Gasteiger partial charge in [-0.2, -0.15) is 0 Å². The zero-order valence-electron chi connectivity index (χ0n) is 10.9. The van der Waals surface area contributed by atoms with Crippen LogP contribution < -0.4 is 4.72 Å². The summed E-state index contributed by atoms with van der Waals surface area (Å²) in [6.45, 7) is 5.70. The van der Waals surface area contributed by atoms with Crippen molar-refractivity contribution in [2.24, 2.45) is 0 Å². The maximum atomic E-state index is 13.9. The highest BCUT2D eigenvalue weighted by Crippen LogP contribution is 2.31. The molecule has 0 aromatic heterocycles. The van der Waals surface area contributed by atoms with Crippen molar-refractivity contribution in [1.82, 2.24) is 4.72 Å². The minimum absolute atomic E-state index is 0.216. The van der Waals surface area contributed by atoms with Crippen LogP contribution in [0, 0.1) is 5.82 Å². The van der Waals surface area contributed by atoms with Crippen LogP contribution in [-0.4, -0.2) is 8.96 Å². The van der Waals surface area contributed by atoms with Crippen LogP contribution in [0.3, 0.4) is 0 Å². The summed E-state index contributed by atoms with van der Waals surface area (Å²) in [4.78, 5) is 0. The highest BCUT2D eigenvalue weighted by atomic mass is 32.2. The Hall–Kier alpha value is -1.00. The van der Waals surface area contributed by atoms with E-state index >= 15 is 0 Å². The second-order valence-corrected chi connectivity index (χ2v) is 7.43. The van der Waals surface area contributed by atoms with Crippen LogP contribution in [0.15, 0.2) is 24.3 Å². The Balaban J connectivity index is 2.28. The molecule has 2 rings (SSSR count). The molecule has 18 heavy (non-hydrogen) atoms. The van der Waals surface area contributed by atoms with Gasteiger partial charge in [-0.3, -0.25) is 0 Å². The maximum absolute atomic E-state index is 13.9. The molecule has 1 N–H and O–H groups in total. The quantitative estimate of drug-likeness (QED) is 0.875. The van der Waals surface area contributed by atoms with Crippen molar-refractivity contribution in [3.63, 3.8) is 0 Å². The highest BCUT2D eigenvalue weighted by Gasteiger charge is 2.26. The third-order valence-electron chi connectivity index (χ3n) is 2.91. The average molecular weight is 267 g/mol. The van der Waals surface area contributed by atoms with Crippen LogP contribution in [0.2, 0.25) is 0 Å². The van der Waals surface area contributed by atoms with Crippen LogP contribution in [0.1, 0.15) is 44.4 Å². The summed E-state index contributed by atoms with van der Waals surface area (Å²) in [5.41, 5.74) is 1.49.